The van der Waals surface area contributed by atoms with Crippen LogP contribution in [0.5, 0.6) is 5.88 Å². The molecular weight excluding hydrogens is 356 g/mol. The van der Waals surface area contributed by atoms with E-state index < -0.39 is 0 Å². The molecule has 0 bridgehead atoms. The van der Waals surface area contributed by atoms with E-state index in [1.54, 1.807) is 10.9 Å². The maximum Gasteiger partial charge on any atom is 0.274 e. The molecule has 1 fully saturated rings. The second kappa shape index (κ2) is 7.59. The third-order valence-corrected chi connectivity index (χ3v) is 4.99. The standard InChI is InChI=1S/C21H24N4O3/c1-13-8-14(2)19(22-10-13)20(26)23-16-4-5-17-18(9-16)25(3)24-21(17)28-12-15-6-7-27-11-15/h4-5,8-10,15H,6-7,11-12H2,1-3H3,(H,23,26). The van der Waals surface area contributed by atoms with Gasteiger partial charge in [0.15, 0.2) is 0 Å². The van der Waals surface area contributed by atoms with Gasteiger partial charge in [-0.05, 0) is 49.6 Å². The summed E-state index contributed by atoms with van der Waals surface area (Å²) in [6.07, 6.45) is 2.72. The van der Waals surface area contributed by atoms with E-state index in [2.05, 4.69) is 15.4 Å². The van der Waals surface area contributed by atoms with Gasteiger partial charge < -0.3 is 14.8 Å². The van der Waals surface area contributed by atoms with Crippen molar-refractivity contribution in [2.45, 2.75) is 20.3 Å². The Morgan fingerprint density at radius 2 is 2.21 bits per heavy atom. The molecule has 1 N–H and O–H groups in total. The van der Waals surface area contributed by atoms with Crippen LogP contribution in [0.3, 0.4) is 0 Å². The van der Waals surface area contributed by atoms with E-state index >= 15 is 0 Å². The highest BCUT2D eigenvalue weighted by atomic mass is 16.5. The van der Waals surface area contributed by atoms with Crippen molar-refractivity contribution in [1.82, 2.24) is 14.8 Å². The van der Waals surface area contributed by atoms with Crippen molar-refractivity contribution in [3.63, 3.8) is 0 Å². The van der Waals surface area contributed by atoms with Crippen molar-refractivity contribution in [2.24, 2.45) is 13.0 Å². The summed E-state index contributed by atoms with van der Waals surface area (Å²) in [5.41, 5.74) is 3.90. The molecule has 0 radical (unpaired) electrons. The smallest absolute Gasteiger partial charge is 0.274 e. The van der Waals surface area contributed by atoms with E-state index in [0.717, 1.165) is 41.7 Å². The van der Waals surface area contributed by atoms with Gasteiger partial charge in [0.2, 0.25) is 5.88 Å². The van der Waals surface area contributed by atoms with Crippen LogP contribution in [0.4, 0.5) is 5.69 Å². The highest BCUT2D eigenvalue weighted by molar-refractivity contribution is 6.04. The predicted octanol–water partition coefficient (Wildman–Crippen LogP) is 3.25. The van der Waals surface area contributed by atoms with Gasteiger partial charge in [0.25, 0.3) is 5.91 Å². The zero-order chi connectivity index (χ0) is 19.7. The first-order chi connectivity index (χ1) is 13.5. The summed E-state index contributed by atoms with van der Waals surface area (Å²) in [6, 6.07) is 7.63. The molecule has 3 aromatic rings. The van der Waals surface area contributed by atoms with Crippen LogP contribution < -0.4 is 10.1 Å². The Morgan fingerprint density at radius 3 is 2.96 bits per heavy atom. The summed E-state index contributed by atoms with van der Waals surface area (Å²) in [5.74, 6) is 0.802. The molecule has 1 saturated heterocycles. The zero-order valence-corrected chi connectivity index (χ0v) is 16.4. The van der Waals surface area contributed by atoms with Crippen molar-refractivity contribution in [3.05, 3.63) is 47.3 Å². The lowest BCUT2D eigenvalue weighted by atomic mass is 10.1. The lowest BCUT2D eigenvalue weighted by molar-refractivity contribution is 0.102. The Balaban J connectivity index is 1.52. The number of hydrogen-bond donors (Lipinski definition) is 1. The summed E-state index contributed by atoms with van der Waals surface area (Å²) >= 11 is 0. The Morgan fingerprint density at radius 1 is 1.36 bits per heavy atom. The number of anilines is 1. The molecule has 3 heterocycles. The van der Waals surface area contributed by atoms with Crippen molar-refractivity contribution in [1.29, 1.82) is 0 Å². The van der Waals surface area contributed by atoms with Gasteiger partial charge >= 0.3 is 0 Å². The van der Waals surface area contributed by atoms with Crippen molar-refractivity contribution < 1.29 is 14.3 Å². The van der Waals surface area contributed by atoms with Gasteiger partial charge in [0, 0.05) is 31.5 Å². The number of hydrogen-bond acceptors (Lipinski definition) is 5. The van der Waals surface area contributed by atoms with Crippen molar-refractivity contribution >= 4 is 22.5 Å². The second-order valence-corrected chi connectivity index (χ2v) is 7.33. The van der Waals surface area contributed by atoms with Gasteiger partial charge in [0.05, 0.1) is 24.1 Å². The Hall–Kier alpha value is -2.93. The van der Waals surface area contributed by atoms with Gasteiger partial charge in [-0.25, -0.2) is 0 Å². The molecule has 0 aliphatic carbocycles. The first-order valence-corrected chi connectivity index (χ1v) is 9.43. The molecule has 4 rings (SSSR count). The zero-order valence-electron chi connectivity index (χ0n) is 16.4. The van der Waals surface area contributed by atoms with Crippen LogP contribution in [0.15, 0.2) is 30.5 Å². The largest absolute Gasteiger partial charge is 0.476 e. The number of aryl methyl sites for hydroxylation is 3. The average Bonchev–Trinajstić information content (AvgIpc) is 3.28. The molecule has 2 aromatic heterocycles. The Bertz CT molecular complexity index is 1020. The number of pyridine rings is 1. The molecule has 0 saturated carbocycles. The number of carbonyl (C=O) groups is 1. The van der Waals surface area contributed by atoms with Crippen LogP contribution in [-0.4, -0.2) is 40.5 Å². The monoisotopic (exact) mass is 380 g/mol. The highest BCUT2D eigenvalue weighted by Gasteiger charge is 2.19. The quantitative estimate of drug-likeness (QED) is 0.735. The summed E-state index contributed by atoms with van der Waals surface area (Å²) < 4.78 is 13.1. The van der Waals surface area contributed by atoms with Gasteiger partial charge in [0.1, 0.15) is 5.69 Å². The van der Waals surface area contributed by atoms with E-state index in [4.69, 9.17) is 9.47 Å². The molecule has 0 spiro atoms. The maximum absolute atomic E-state index is 12.6. The number of benzene rings is 1. The number of nitrogens with one attached hydrogen (secondary N) is 1. The van der Waals surface area contributed by atoms with Crippen LogP contribution in [0.1, 0.15) is 28.0 Å². The molecule has 1 aromatic carbocycles. The molecule has 1 unspecified atom stereocenters. The van der Waals surface area contributed by atoms with Crippen LogP contribution in [0, 0.1) is 19.8 Å². The van der Waals surface area contributed by atoms with E-state index in [9.17, 15) is 4.79 Å². The molecule has 1 atom stereocenters. The number of fused-ring (bicyclic) bond motifs is 1. The first kappa shape index (κ1) is 18.4. The number of carbonyl (C=O) groups excluding carboxylic acids is 1. The number of amides is 1. The average molecular weight is 380 g/mol. The number of nitrogens with zero attached hydrogens (tertiary/aromatic N) is 3. The highest BCUT2D eigenvalue weighted by Crippen LogP contribution is 2.28. The van der Waals surface area contributed by atoms with Crippen LogP contribution in [-0.2, 0) is 11.8 Å². The van der Waals surface area contributed by atoms with Gasteiger partial charge in [-0.2, -0.15) is 0 Å². The minimum atomic E-state index is -0.225. The van der Waals surface area contributed by atoms with Crippen LogP contribution >= 0.6 is 0 Å². The van der Waals surface area contributed by atoms with E-state index in [0.29, 0.717) is 29.8 Å². The molecule has 146 valence electrons. The first-order valence-electron chi connectivity index (χ1n) is 9.43. The minimum absolute atomic E-state index is 0.225. The maximum atomic E-state index is 12.6. The van der Waals surface area contributed by atoms with E-state index in [1.165, 1.54) is 0 Å². The third kappa shape index (κ3) is 3.71. The molecule has 1 amide bonds. The van der Waals surface area contributed by atoms with Crippen LogP contribution in [0.2, 0.25) is 0 Å². The molecule has 28 heavy (non-hydrogen) atoms. The number of rotatable bonds is 5. The summed E-state index contributed by atoms with van der Waals surface area (Å²) in [6.45, 7) is 5.99. The Kier molecular flexibility index (Phi) is 5.00. The SMILES string of the molecule is Cc1cnc(C(=O)Nc2ccc3c(OCC4CCOC4)nn(C)c3c2)c(C)c1. The fourth-order valence-electron chi connectivity index (χ4n) is 3.46. The predicted molar refractivity (Wildman–Crippen MR) is 107 cm³/mol. The molecule has 7 nitrogen and oxygen atoms in total. The van der Waals surface area contributed by atoms with E-state index in [1.807, 2.05) is 45.2 Å². The lowest BCUT2D eigenvalue weighted by Gasteiger charge is -2.09. The van der Waals surface area contributed by atoms with Crippen LogP contribution in [0.25, 0.3) is 10.9 Å². The fourth-order valence-corrected chi connectivity index (χ4v) is 3.46. The van der Waals surface area contributed by atoms with E-state index in [-0.39, 0.29) is 5.91 Å². The van der Waals surface area contributed by atoms with Gasteiger partial charge in [-0.15, -0.1) is 5.10 Å². The summed E-state index contributed by atoms with van der Waals surface area (Å²) in [5, 5.41) is 8.33. The lowest BCUT2D eigenvalue weighted by Crippen LogP contribution is -2.15. The van der Waals surface area contributed by atoms with Gasteiger partial charge in [-0.1, -0.05) is 6.07 Å². The Labute approximate surface area is 163 Å². The fraction of sp³-hybridized carbons (Fsp3) is 0.381. The second-order valence-electron chi connectivity index (χ2n) is 7.33. The summed E-state index contributed by atoms with van der Waals surface area (Å²) in [7, 11) is 1.87. The van der Waals surface area contributed by atoms with Crippen molar-refractivity contribution in [3.8, 4) is 5.88 Å². The molecule has 7 heteroatoms. The number of ether oxygens (including phenoxy) is 2. The number of aromatic nitrogens is 3. The van der Waals surface area contributed by atoms with Crippen molar-refractivity contribution in [2.75, 3.05) is 25.1 Å². The third-order valence-electron chi connectivity index (χ3n) is 4.99. The minimum Gasteiger partial charge on any atom is -0.476 e. The van der Waals surface area contributed by atoms with Gasteiger partial charge in [-0.3, -0.25) is 14.5 Å². The summed E-state index contributed by atoms with van der Waals surface area (Å²) in [4.78, 5) is 16.8. The normalized spacial score (nSPS) is 16.5. The molecule has 1 aliphatic rings. The molecule has 1 aliphatic heterocycles. The topological polar surface area (TPSA) is 78.3 Å². The molecular formula is C21H24N4O3.